The van der Waals surface area contributed by atoms with Gasteiger partial charge in [0.1, 0.15) is 12.6 Å². The Kier molecular flexibility index (Phi) is 8.87. The number of amides is 3. The zero-order valence-corrected chi connectivity index (χ0v) is 19.3. The van der Waals surface area contributed by atoms with E-state index in [2.05, 4.69) is 16.0 Å². The maximum Gasteiger partial charge on any atom is 0.408 e. The number of hydrogen-bond acceptors (Lipinski definition) is 4. The Hall–Kier alpha value is -3.35. The first-order valence-corrected chi connectivity index (χ1v) is 11.6. The fourth-order valence-electron chi connectivity index (χ4n) is 3.86. The number of anilines is 1. The highest BCUT2D eigenvalue weighted by molar-refractivity contribution is 5.98. The van der Waals surface area contributed by atoms with Crippen molar-refractivity contribution in [3.05, 3.63) is 65.7 Å². The number of nitrogens with one attached hydrogen (secondary N) is 3. The lowest BCUT2D eigenvalue weighted by Crippen LogP contribution is -2.47. The molecule has 3 rings (SSSR count). The Balaban J connectivity index is 1.55. The molecule has 0 aromatic heterocycles. The fourth-order valence-corrected chi connectivity index (χ4v) is 3.86. The van der Waals surface area contributed by atoms with Crippen LogP contribution in [0, 0.1) is 5.92 Å². The topological polar surface area (TPSA) is 96.5 Å². The summed E-state index contributed by atoms with van der Waals surface area (Å²) in [5, 5.41) is 8.58. The number of ether oxygens (including phenoxy) is 1. The lowest BCUT2D eigenvalue weighted by molar-refractivity contribution is -0.119. The van der Waals surface area contributed by atoms with Gasteiger partial charge < -0.3 is 20.7 Å². The maximum absolute atomic E-state index is 12.9. The van der Waals surface area contributed by atoms with Crippen molar-refractivity contribution in [2.75, 3.05) is 5.32 Å². The number of rotatable bonds is 9. The van der Waals surface area contributed by atoms with Gasteiger partial charge in [0.25, 0.3) is 5.91 Å². The molecule has 0 heterocycles. The molecule has 3 N–H and O–H groups in total. The van der Waals surface area contributed by atoms with E-state index in [0.717, 1.165) is 31.2 Å². The van der Waals surface area contributed by atoms with E-state index >= 15 is 0 Å². The van der Waals surface area contributed by atoms with Crippen molar-refractivity contribution >= 4 is 23.6 Å². The minimum absolute atomic E-state index is 0.0919. The molecule has 0 unspecified atom stereocenters. The predicted octanol–water partition coefficient (Wildman–Crippen LogP) is 4.64. The molecule has 1 aliphatic carbocycles. The minimum atomic E-state index is -0.747. The maximum atomic E-state index is 12.9. The van der Waals surface area contributed by atoms with Crippen molar-refractivity contribution < 1.29 is 19.1 Å². The highest BCUT2D eigenvalue weighted by atomic mass is 16.5. The van der Waals surface area contributed by atoms with Crippen LogP contribution in [0.4, 0.5) is 10.5 Å². The summed E-state index contributed by atoms with van der Waals surface area (Å²) in [5.74, 6) is -0.519. The Labute approximate surface area is 195 Å². The van der Waals surface area contributed by atoms with Crippen LogP contribution in [-0.4, -0.2) is 30.0 Å². The summed E-state index contributed by atoms with van der Waals surface area (Å²) >= 11 is 0. The van der Waals surface area contributed by atoms with Crippen LogP contribution in [0.15, 0.2) is 54.6 Å². The van der Waals surface area contributed by atoms with E-state index < -0.39 is 12.1 Å². The van der Waals surface area contributed by atoms with Crippen molar-refractivity contribution in [2.45, 2.75) is 64.6 Å². The average molecular weight is 452 g/mol. The smallest absolute Gasteiger partial charge is 0.408 e. The van der Waals surface area contributed by atoms with Crippen LogP contribution in [-0.2, 0) is 16.1 Å². The highest BCUT2D eigenvalue weighted by Crippen LogP contribution is 2.19. The van der Waals surface area contributed by atoms with E-state index in [0.29, 0.717) is 17.7 Å². The van der Waals surface area contributed by atoms with Gasteiger partial charge >= 0.3 is 6.09 Å². The molecule has 1 saturated carbocycles. The molecule has 0 radical (unpaired) electrons. The van der Waals surface area contributed by atoms with E-state index in [1.807, 2.05) is 44.2 Å². The molecule has 0 spiro atoms. The third-order valence-electron chi connectivity index (χ3n) is 6.09. The van der Waals surface area contributed by atoms with Gasteiger partial charge in [-0.3, -0.25) is 9.59 Å². The summed E-state index contributed by atoms with van der Waals surface area (Å²) in [6.45, 7) is 3.99. The van der Waals surface area contributed by atoms with Crippen LogP contribution in [0.25, 0.3) is 0 Å². The largest absolute Gasteiger partial charge is 0.445 e. The zero-order chi connectivity index (χ0) is 23.6. The summed E-state index contributed by atoms with van der Waals surface area (Å²) in [6, 6.07) is 15.6. The van der Waals surface area contributed by atoms with Gasteiger partial charge in [-0.1, -0.05) is 63.4 Å². The second kappa shape index (κ2) is 12.0. The van der Waals surface area contributed by atoms with Gasteiger partial charge in [-0.05, 0) is 48.6 Å². The SMILES string of the molecule is CC[C@H](C)[C@H](NC(=O)OCc1ccccc1)C(=O)Nc1ccc(C(=O)NC2CCCC2)cc1. The summed E-state index contributed by atoms with van der Waals surface area (Å²) in [4.78, 5) is 37.6. The second-order valence-electron chi connectivity index (χ2n) is 8.59. The van der Waals surface area contributed by atoms with Crippen LogP contribution in [0.5, 0.6) is 0 Å². The monoisotopic (exact) mass is 451 g/mol. The standard InChI is InChI=1S/C26H33N3O4/c1-3-18(2)23(29-26(32)33-17-19-9-5-4-6-10-19)25(31)28-22-15-13-20(14-16-22)24(30)27-21-11-7-8-12-21/h4-6,9-10,13-16,18,21,23H,3,7-8,11-12,17H2,1-2H3,(H,27,30)(H,28,31)(H,29,32)/t18-,23-/m0/s1. The van der Waals surface area contributed by atoms with Crippen LogP contribution >= 0.6 is 0 Å². The lowest BCUT2D eigenvalue weighted by Gasteiger charge is -2.23. The van der Waals surface area contributed by atoms with Crippen LogP contribution in [0.1, 0.15) is 61.9 Å². The Morgan fingerprint density at radius 3 is 2.30 bits per heavy atom. The van der Waals surface area contributed by atoms with Gasteiger partial charge in [0.2, 0.25) is 5.91 Å². The third-order valence-corrected chi connectivity index (χ3v) is 6.09. The molecule has 2 atom stereocenters. The van der Waals surface area contributed by atoms with Crippen molar-refractivity contribution in [3.8, 4) is 0 Å². The molecular formula is C26H33N3O4. The van der Waals surface area contributed by atoms with Crippen LogP contribution < -0.4 is 16.0 Å². The minimum Gasteiger partial charge on any atom is -0.445 e. The molecule has 3 amide bonds. The first-order chi connectivity index (χ1) is 16.0. The summed E-state index contributed by atoms with van der Waals surface area (Å²) in [5.41, 5.74) is 1.99. The van der Waals surface area contributed by atoms with E-state index in [4.69, 9.17) is 4.74 Å². The summed E-state index contributed by atoms with van der Waals surface area (Å²) in [6.07, 6.45) is 4.42. The van der Waals surface area contributed by atoms with Crippen molar-refractivity contribution in [1.29, 1.82) is 0 Å². The lowest BCUT2D eigenvalue weighted by atomic mass is 9.98. The Bertz CT molecular complexity index is 924. The quantitative estimate of drug-likeness (QED) is 0.517. The first kappa shape index (κ1) is 24.3. The molecule has 33 heavy (non-hydrogen) atoms. The summed E-state index contributed by atoms with van der Waals surface area (Å²) in [7, 11) is 0. The van der Waals surface area contributed by atoms with Gasteiger partial charge in [-0.2, -0.15) is 0 Å². The molecule has 1 fully saturated rings. The normalized spacial score (nSPS) is 15.3. The first-order valence-electron chi connectivity index (χ1n) is 11.6. The van der Waals surface area contributed by atoms with Crippen molar-refractivity contribution in [1.82, 2.24) is 10.6 Å². The zero-order valence-electron chi connectivity index (χ0n) is 19.3. The fraction of sp³-hybridized carbons (Fsp3) is 0.423. The molecule has 7 heteroatoms. The number of carbonyl (C=O) groups excluding carboxylic acids is 3. The molecule has 2 aromatic carbocycles. The molecule has 7 nitrogen and oxygen atoms in total. The van der Waals surface area contributed by atoms with Crippen molar-refractivity contribution in [2.24, 2.45) is 5.92 Å². The number of carbonyl (C=O) groups is 3. The average Bonchev–Trinajstić information content (AvgIpc) is 3.34. The van der Waals surface area contributed by atoms with Gasteiger partial charge in [0.05, 0.1) is 0 Å². The molecule has 0 aliphatic heterocycles. The third kappa shape index (κ3) is 7.34. The summed E-state index contributed by atoms with van der Waals surface area (Å²) < 4.78 is 5.28. The van der Waals surface area contributed by atoms with E-state index in [1.165, 1.54) is 0 Å². The van der Waals surface area contributed by atoms with Gasteiger partial charge in [-0.15, -0.1) is 0 Å². The Morgan fingerprint density at radius 2 is 1.67 bits per heavy atom. The molecule has 2 aromatic rings. The molecular weight excluding hydrogens is 418 g/mol. The number of benzene rings is 2. The second-order valence-corrected chi connectivity index (χ2v) is 8.59. The highest BCUT2D eigenvalue weighted by Gasteiger charge is 2.27. The number of hydrogen-bond donors (Lipinski definition) is 3. The predicted molar refractivity (Wildman–Crippen MR) is 128 cm³/mol. The Morgan fingerprint density at radius 1 is 1.00 bits per heavy atom. The molecule has 0 saturated heterocycles. The van der Waals surface area contributed by atoms with E-state index in [9.17, 15) is 14.4 Å². The number of alkyl carbamates (subject to hydrolysis) is 1. The molecule has 1 aliphatic rings. The van der Waals surface area contributed by atoms with Crippen LogP contribution in [0.3, 0.4) is 0 Å². The van der Waals surface area contributed by atoms with Gasteiger partial charge in [0.15, 0.2) is 0 Å². The van der Waals surface area contributed by atoms with Gasteiger partial charge in [0, 0.05) is 17.3 Å². The van der Waals surface area contributed by atoms with E-state index in [-0.39, 0.29) is 30.4 Å². The van der Waals surface area contributed by atoms with Crippen LogP contribution in [0.2, 0.25) is 0 Å². The molecule has 176 valence electrons. The van der Waals surface area contributed by atoms with Gasteiger partial charge in [-0.25, -0.2) is 4.79 Å². The van der Waals surface area contributed by atoms with Crippen molar-refractivity contribution in [3.63, 3.8) is 0 Å². The molecule has 0 bridgehead atoms. The van der Waals surface area contributed by atoms with E-state index in [1.54, 1.807) is 24.3 Å².